The number of nitrogens with one attached hydrogen (secondary N) is 1. The standard InChI is InChI=1S/C28H35ClN6O2.C2HF3O2/c1-37-23-13-11-21(12-14-23)9-5-16-35(18-15-20-7-3-2-4-8-20)17-6-10-22(19-35)32-28(36)24-26(30)34-27(31)25(29)33-24;3-2(4,5)1(6)7/h2-4,7-8,11-14,22H,5-6,9-10,15-19H2,1H3,(H4-,30,31,32,34,36);(H,6,7). The Morgan fingerprint density at radius 2 is 1.66 bits per heavy atom. The fourth-order valence-corrected chi connectivity index (χ4v) is 5.37. The molecule has 1 aliphatic heterocycles. The van der Waals surface area contributed by atoms with Gasteiger partial charge in [-0.05, 0) is 42.5 Å². The van der Waals surface area contributed by atoms with E-state index in [-0.39, 0.29) is 34.4 Å². The minimum Gasteiger partial charge on any atom is -0.542 e. The highest BCUT2D eigenvalue weighted by molar-refractivity contribution is 6.31. The topological polar surface area (TPSA) is 156 Å². The van der Waals surface area contributed by atoms with E-state index >= 15 is 0 Å². The smallest absolute Gasteiger partial charge is 0.430 e. The Hall–Kier alpha value is -4.10. The Labute approximate surface area is 258 Å². The number of hydrogen-bond acceptors (Lipinski definition) is 8. The number of aromatic nitrogens is 2. The number of carboxylic acids is 1. The second-order valence-electron chi connectivity index (χ2n) is 10.6. The number of halogens is 4. The Bertz CT molecular complexity index is 1400. The van der Waals surface area contributed by atoms with Crippen molar-refractivity contribution < 1.29 is 37.1 Å². The number of quaternary nitrogens is 1. The summed E-state index contributed by atoms with van der Waals surface area (Å²) >= 11 is 6.00. The van der Waals surface area contributed by atoms with Crippen molar-refractivity contribution in [2.45, 2.75) is 44.3 Å². The summed E-state index contributed by atoms with van der Waals surface area (Å²) in [5, 5.41) is 11.9. The third kappa shape index (κ3) is 10.3. The molecule has 0 bridgehead atoms. The molecule has 1 fully saturated rings. The van der Waals surface area contributed by atoms with Crippen LogP contribution in [0.4, 0.5) is 24.8 Å². The number of aryl methyl sites for hydroxylation is 1. The van der Waals surface area contributed by atoms with Crippen LogP contribution < -0.4 is 26.6 Å². The van der Waals surface area contributed by atoms with Gasteiger partial charge in [-0.2, -0.15) is 13.2 Å². The summed E-state index contributed by atoms with van der Waals surface area (Å²) in [6, 6.07) is 18.9. The number of carbonyl (C=O) groups excluding carboxylic acids is 2. The highest BCUT2D eigenvalue weighted by Crippen LogP contribution is 2.24. The zero-order chi connectivity index (χ0) is 32.3. The lowest BCUT2D eigenvalue weighted by atomic mass is 9.99. The fraction of sp³-hybridized carbons (Fsp3) is 0.400. The van der Waals surface area contributed by atoms with Crippen LogP contribution in [0.15, 0.2) is 54.6 Å². The number of benzene rings is 2. The summed E-state index contributed by atoms with van der Waals surface area (Å²) in [6.45, 7) is 4.02. The van der Waals surface area contributed by atoms with Crippen molar-refractivity contribution in [2.24, 2.45) is 0 Å². The molecule has 5 N–H and O–H groups in total. The zero-order valence-electron chi connectivity index (χ0n) is 24.3. The number of nitrogens with two attached hydrogens (primary N) is 2. The first-order valence-corrected chi connectivity index (χ1v) is 14.4. The molecule has 238 valence electrons. The van der Waals surface area contributed by atoms with E-state index in [9.17, 15) is 18.0 Å². The molecule has 10 nitrogen and oxygen atoms in total. The molecule has 2 aromatic carbocycles. The lowest BCUT2D eigenvalue weighted by molar-refractivity contribution is -0.933. The molecule has 2 unspecified atom stereocenters. The van der Waals surface area contributed by atoms with Crippen LogP contribution >= 0.6 is 11.6 Å². The molecule has 2 atom stereocenters. The number of likely N-dealkylation sites (tertiary alicyclic amines) is 1. The highest BCUT2D eigenvalue weighted by atomic mass is 35.5. The van der Waals surface area contributed by atoms with Crippen molar-refractivity contribution in [2.75, 3.05) is 44.8 Å². The molecule has 44 heavy (non-hydrogen) atoms. The molecular formula is C30H36ClF3N6O4. The van der Waals surface area contributed by atoms with Gasteiger partial charge in [-0.15, -0.1) is 0 Å². The number of methoxy groups -OCH3 is 1. The number of carboxylic acid groups (broad SMARTS) is 1. The summed E-state index contributed by atoms with van der Waals surface area (Å²) in [6.07, 6.45) is -0.191. The van der Waals surface area contributed by atoms with E-state index in [0.717, 1.165) is 68.5 Å². The average Bonchev–Trinajstić information content (AvgIpc) is 2.99. The molecule has 4 rings (SSSR count). The van der Waals surface area contributed by atoms with Crippen LogP contribution in [-0.2, 0) is 17.6 Å². The van der Waals surface area contributed by atoms with E-state index in [1.165, 1.54) is 11.1 Å². The predicted octanol–water partition coefficient (Wildman–Crippen LogP) is 3.19. The normalized spacial score (nSPS) is 18.1. The molecule has 0 aliphatic carbocycles. The van der Waals surface area contributed by atoms with Gasteiger partial charge in [0, 0.05) is 12.8 Å². The van der Waals surface area contributed by atoms with Crippen LogP contribution in [0.3, 0.4) is 0 Å². The molecule has 1 aromatic heterocycles. The van der Waals surface area contributed by atoms with Crippen molar-refractivity contribution in [3.05, 3.63) is 76.6 Å². The first-order valence-electron chi connectivity index (χ1n) is 14.0. The number of ether oxygens (including phenoxy) is 1. The molecule has 0 spiro atoms. The van der Waals surface area contributed by atoms with Crippen molar-refractivity contribution in [3.8, 4) is 5.75 Å². The van der Waals surface area contributed by atoms with E-state index in [2.05, 4.69) is 51.7 Å². The molecule has 1 amide bonds. The van der Waals surface area contributed by atoms with E-state index in [1.807, 2.05) is 18.2 Å². The Balaban J connectivity index is 0.000000676. The molecule has 0 radical (unpaired) electrons. The minimum atomic E-state index is -5.19. The number of rotatable bonds is 10. The highest BCUT2D eigenvalue weighted by Gasteiger charge is 2.36. The van der Waals surface area contributed by atoms with Crippen molar-refractivity contribution in [1.29, 1.82) is 0 Å². The van der Waals surface area contributed by atoms with Crippen LogP contribution in [0.25, 0.3) is 0 Å². The average molecular weight is 637 g/mol. The maximum atomic E-state index is 13.0. The number of nitrogens with zero attached hydrogens (tertiary/aromatic N) is 3. The summed E-state index contributed by atoms with van der Waals surface area (Å²) in [5.41, 5.74) is 14.2. The molecule has 3 aromatic rings. The SMILES string of the molecule is COc1ccc(CCC[N+]2(CCc3ccccc3)CCCC(NC(=O)c3nc(Cl)c(N)nc3N)C2)cc1.O=C([O-])C(F)(F)F. The molecular weight excluding hydrogens is 601 g/mol. The first kappa shape index (κ1) is 34.4. The van der Waals surface area contributed by atoms with Gasteiger partial charge >= 0.3 is 6.18 Å². The van der Waals surface area contributed by atoms with Gasteiger partial charge in [0.25, 0.3) is 5.91 Å². The summed E-state index contributed by atoms with van der Waals surface area (Å²) in [4.78, 5) is 29.8. The molecule has 2 heterocycles. The summed E-state index contributed by atoms with van der Waals surface area (Å²) < 4.78 is 37.8. The number of alkyl halides is 3. The van der Waals surface area contributed by atoms with E-state index in [4.69, 9.17) is 37.7 Å². The summed E-state index contributed by atoms with van der Waals surface area (Å²) in [5.74, 6) is -2.50. The lowest BCUT2D eigenvalue weighted by Crippen LogP contribution is -2.60. The maximum absolute atomic E-state index is 13.0. The third-order valence-electron chi connectivity index (χ3n) is 7.45. The second-order valence-corrected chi connectivity index (χ2v) is 11.0. The van der Waals surface area contributed by atoms with Crippen LogP contribution in [0.5, 0.6) is 5.75 Å². The Kier molecular flexibility index (Phi) is 12.2. The van der Waals surface area contributed by atoms with Gasteiger partial charge in [0.1, 0.15) is 11.7 Å². The third-order valence-corrected chi connectivity index (χ3v) is 7.73. The quantitative estimate of drug-likeness (QED) is 0.287. The van der Waals surface area contributed by atoms with Gasteiger partial charge in [-0.25, -0.2) is 9.97 Å². The van der Waals surface area contributed by atoms with Gasteiger partial charge in [-0.1, -0.05) is 54.1 Å². The number of carbonyl (C=O) groups is 2. The number of piperidine rings is 1. The predicted molar refractivity (Wildman–Crippen MR) is 159 cm³/mol. The molecule has 1 aliphatic rings. The molecule has 0 saturated carbocycles. The number of hydrogen-bond donors (Lipinski definition) is 3. The van der Waals surface area contributed by atoms with Crippen molar-refractivity contribution in [3.63, 3.8) is 0 Å². The van der Waals surface area contributed by atoms with Crippen LogP contribution in [0.2, 0.25) is 5.15 Å². The lowest BCUT2D eigenvalue weighted by Gasteiger charge is -2.45. The first-order chi connectivity index (χ1) is 20.8. The van der Waals surface area contributed by atoms with Crippen molar-refractivity contribution in [1.82, 2.24) is 15.3 Å². The van der Waals surface area contributed by atoms with E-state index in [1.54, 1.807) is 7.11 Å². The van der Waals surface area contributed by atoms with Gasteiger partial charge in [-0.3, -0.25) is 4.79 Å². The Morgan fingerprint density at radius 3 is 2.27 bits per heavy atom. The van der Waals surface area contributed by atoms with E-state index in [0.29, 0.717) is 0 Å². The fourth-order valence-electron chi connectivity index (χ4n) is 5.24. The van der Waals surface area contributed by atoms with Gasteiger partial charge in [0.2, 0.25) is 0 Å². The molecule has 14 heteroatoms. The number of amides is 1. The number of aliphatic carboxylic acids is 1. The summed E-state index contributed by atoms with van der Waals surface area (Å²) in [7, 11) is 1.68. The van der Waals surface area contributed by atoms with Crippen molar-refractivity contribution >= 4 is 35.1 Å². The minimum absolute atomic E-state index is 0.00976. The van der Waals surface area contributed by atoms with Gasteiger partial charge < -0.3 is 35.9 Å². The molecule has 1 saturated heterocycles. The maximum Gasteiger partial charge on any atom is 0.430 e. The van der Waals surface area contributed by atoms with Gasteiger partial charge in [0.05, 0.1) is 39.3 Å². The van der Waals surface area contributed by atoms with Crippen LogP contribution in [0, 0.1) is 0 Å². The van der Waals surface area contributed by atoms with Crippen LogP contribution in [0.1, 0.15) is 40.9 Å². The monoisotopic (exact) mass is 636 g/mol. The number of nitrogen functional groups attached to an aromatic ring is 2. The second kappa shape index (κ2) is 15.6. The number of anilines is 2. The van der Waals surface area contributed by atoms with Crippen LogP contribution in [-0.4, -0.2) is 71.8 Å². The van der Waals surface area contributed by atoms with E-state index < -0.39 is 12.1 Å². The Morgan fingerprint density at radius 1 is 1.02 bits per heavy atom. The zero-order valence-corrected chi connectivity index (χ0v) is 25.0. The van der Waals surface area contributed by atoms with Gasteiger partial charge in [0.15, 0.2) is 22.5 Å². The largest absolute Gasteiger partial charge is 0.542 e.